The molecular formula is H11AlBaInKLiNa. The van der Waals surface area contributed by atoms with Crippen molar-refractivity contribution >= 4 is 92.1 Å². The molecule has 0 unspecified atom stereocenters. The van der Waals surface area contributed by atoms with Crippen molar-refractivity contribution in [2.75, 3.05) is 0 Å². The molecule has 0 radical (unpaired) electrons. The van der Waals surface area contributed by atoms with Gasteiger partial charge in [-0.15, -0.1) is 0 Å². The predicted molar refractivity (Wildman–Crippen MR) is 31.2 cm³/mol. The van der Waals surface area contributed by atoms with Crippen LogP contribution in [0.1, 0.15) is 7.13 Å². The molecule has 0 atom stereocenters. The first-order valence-corrected chi connectivity index (χ1v) is 0. The Morgan fingerprint density at radius 3 is 1.17 bits per heavy atom. The third-order valence-corrected chi connectivity index (χ3v) is 0. The van der Waals surface area contributed by atoms with Crippen molar-refractivity contribution in [2.45, 2.75) is 0 Å². The molecular weight excluding hydrogens is 348 g/mol. The van der Waals surface area contributed by atoms with E-state index in [1.54, 1.807) is 0 Å². The van der Waals surface area contributed by atoms with Crippen molar-refractivity contribution in [3.05, 3.63) is 0 Å². The van der Waals surface area contributed by atoms with Gasteiger partial charge in [-0.2, -0.15) is 0 Å². The van der Waals surface area contributed by atoms with Crippen LogP contribution >= 0.6 is 0 Å². The summed E-state index contributed by atoms with van der Waals surface area (Å²) in [5.74, 6) is 0. The van der Waals surface area contributed by atoms with Crippen molar-refractivity contribution in [2.24, 2.45) is 0 Å². The quantitative estimate of drug-likeness (QED) is 0.377. The fourth-order valence-electron chi connectivity index (χ4n) is 0. The fraction of sp³-hybridized carbons (Fsp3) is 0. The third kappa shape index (κ3) is 22.5. The van der Waals surface area contributed by atoms with Gasteiger partial charge in [0.05, 0.1) is 0 Å². The summed E-state index contributed by atoms with van der Waals surface area (Å²) in [5.41, 5.74) is 0. The van der Waals surface area contributed by atoms with E-state index < -0.39 is 0 Å². The van der Waals surface area contributed by atoms with Gasteiger partial charge in [-0.1, -0.05) is 0 Å². The van der Waals surface area contributed by atoms with Gasteiger partial charge in [0.2, 0.25) is 0 Å². The number of hydrogen-bond acceptors (Lipinski definition) is 0. The van der Waals surface area contributed by atoms with Crippen molar-refractivity contribution in [1.29, 1.82) is 0 Å². The summed E-state index contributed by atoms with van der Waals surface area (Å²) in [4.78, 5) is 0. The molecule has 0 amide bonds. The Morgan fingerprint density at radius 2 is 1.17 bits per heavy atom. The van der Waals surface area contributed by atoms with Crippen LogP contribution in [0.2, 0.25) is 0 Å². The van der Waals surface area contributed by atoms with Crippen molar-refractivity contribution in [3.8, 4) is 0 Å². The summed E-state index contributed by atoms with van der Waals surface area (Å²) in [6.07, 6.45) is 0. The Balaban J connectivity index is 0. The molecule has 0 aliphatic heterocycles. The second kappa shape index (κ2) is 30.3. The molecule has 0 aromatic heterocycles. The van der Waals surface area contributed by atoms with Gasteiger partial charge in [-0.25, -0.2) is 0 Å². The second-order valence-corrected chi connectivity index (χ2v) is 0. The first-order chi connectivity index (χ1) is 0. The van der Waals surface area contributed by atoms with Crippen LogP contribution < -0.4 is 99.8 Å². The monoisotopic (exact) mass is 360 g/mol. The number of rotatable bonds is 0. The molecule has 0 heterocycles. The third-order valence-electron chi connectivity index (χ3n) is 0. The van der Waals surface area contributed by atoms with Crippen LogP contribution in [0.4, 0.5) is 0 Å². The number of hydrogen-bond donors (Lipinski definition) is 0. The zero-order valence-corrected chi connectivity index (χ0v) is 13.3. The van der Waals surface area contributed by atoms with E-state index in [-0.39, 0.29) is 199 Å². The van der Waals surface area contributed by atoms with Gasteiger partial charge in [0.1, 0.15) is 0 Å². The summed E-state index contributed by atoms with van der Waals surface area (Å²) in [6, 6.07) is 0. The van der Waals surface area contributed by atoms with Crippen LogP contribution in [0.3, 0.4) is 0 Å². The van der Waals surface area contributed by atoms with Gasteiger partial charge < -0.3 is 7.13 Å². The minimum absolute atomic E-state index is 0. The van der Waals surface area contributed by atoms with Gasteiger partial charge in [-0.3, -0.25) is 0 Å². The van der Waals surface area contributed by atoms with Gasteiger partial charge in [-0.05, 0) is 0 Å². The molecule has 0 nitrogen and oxygen atoms in total. The maximum atomic E-state index is 0. The molecule has 0 rings (SSSR count). The van der Waals surface area contributed by atoms with Gasteiger partial charge >= 0.3 is 175 Å². The van der Waals surface area contributed by atoms with E-state index in [4.69, 9.17) is 0 Å². The van der Waals surface area contributed by atoms with E-state index in [0.29, 0.717) is 0 Å². The molecule has 0 spiro atoms. The molecule has 0 bridgehead atoms. The summed E-state index contributed by atoms with van der Waals surface area (Å²) in [5, 5.41) is 0. The summed E-state index contributed by atoms with van der Waals surface area (Å²) >= 11 is 0. The summed E-state index contributed by atoms with van der Waals surface area (Å²) < 4.78 is 0. The van der Waals surface area contributed by atoms with Crippen LogP contribution in [-0.4, -0.2) is 92.1 Å². The minimum Gasteiger partial charge on any atom is 1.00 e. The standard InChI is InChI=1S/Al.Ba.In.K.Li.Na.11H/q;+2;;3*+1;;;;;;;5*-1. The van der Waals surface area contributed by atoms with Crippen LogP contribution in [-0.2, 0) is 0 Å². The first-order valence-electron chi connectivity index (χ1n) is 0. The van der Waals surface area contributed by atoms with Crippen LogP contribution in [0, 0.1) is 0 Å². The largest absolute Gasteiger partial charge is 1.00 e. The Labute approximate surface area is 193 Å². The van der Waals surface area contributed by atoms with E-state index in [9.17, 15) is 0 Å². The average molecular weight is 359 g/mol. The van der Waals surface area contributed by atoms with Gasteiger partial charge in [0.15, 0.2) is 17.4 Å². The van der Waals surface area contributed by atoms with Gasteiger partial charge in [0, 0.05) is 0 Å². The zero-order valence-electron chi connectivity index (χ0n) is 8.71. The molecule has 0 aromatic rings. The van der Waals surface area contributed by atoms with Crippen molar-refractivity contribution < 1.29 is 107 Å². The molecule has 0 saturated heterocycles. The zero-order chi connectivity index (χ0) is 0. The summed E-state index contributed by atoms with van der Waals surface area (Å²) in [6.45, 7) is 0. The van der Waals surface area contributed by atoms with Crippen LogP contribution in [0.25, 0.3) is 0 Å². The van der Waals surface area contributed by atoms with E-state index >= 15 is 0 Å². The molecule has 0 saturated carbocycles. The van der Waals surface area contributed by atoms with E-state index in [0.717, 1.165) is 0 Å². The fourth-order valence-corrected chi connectivity index (χ4v) is 0. The Bertz CT molecular complexity index is 26.4. The molecule has 0 aromatic carbocycles. The smallest absolute Gasteiger partial charge is 1.00 e. The Kier molecular flexibility index (Phi) is 201. The minimum atomic E-state index is 0. The van der Waals surface area contributed by atoms with E-state index in [1.807, 2.05) is 0 Å². The Morgan fingerprint density at radius 1 is 1.17 bits per heavy atom. The van der Waals surface area contributed by atoms with Crippen molar-refractivity contribution in [3.63, 3.8) is 0 Å². The Hall–Kier alpha value is 6.21. The molecule has 6 heavy (non-hydrogen) atoms. The van der Waals surface area contributed by atoms with Crippen LogP contribution in [0.5, 0.6) is 0 Å². The van der Waals surface area contributed by atoms with E-state index in [2.05, 4.69) is 0 Å². The first kappa shape index (κ1) is 39.8. The molecule has 6 heteroatoms. The molecule has 0 fully saturated rings. The molecule has 22 valence electrons. The molecule has 0 aliphatic rings. The summed E-state index contributed by atoms with van der Waals surface area (Å²) in [7, 11) is 0. The second-order valence-electron chi connectivity index (χ2n) is 0. The normalized spacial score (nSPS) is 0. The maximum Gasteiger partial charge on any atom is 1.00 e. The van der Waals surface area contributed by atoms with Crippen LogP contribution in [0.15, 0.2) is 0 Å². The van der Waals surface area contributed by atoms with E-state index in [1.165, 1.54) is 0 Å². The molecule has 0 aliphatic carbocycles. The SMILES string of the molecule is [AlH3].[Ba+2].[H-].[H-].[H-].[H-].[H-].[InH3].[K+].[Li+].[Na+]. The molecule has 0 N–H and O–H groups in total. The average Bonchev–Trinajstić information content (AvgIpc) is 0. The maximum absolute atomic E-state index is 0. The van der Waals surface area contributed by atoms with Crippen molar-refractivity contribution in [1.82, 2.24) is 0 Å². The topological polar surface area (TPSA) is 0 Å². The predicted octanol–water partition coefficient (Wildman–Crippen LogP) is -11.2. The van der Waals surface area contributed by atoms with Gasteiger partial charge in [0.25, 0.3) is 0 Å².